The van der Waals surface area contributed by atoms with E-state index in [1.807, 2.05) is 29.2 Å². The Morgan fingerprint density at radius 2 is 2.06 bits per heavy atom. The summed E-state index contributed by atoms with van der Waals surface area (Å²) in [5.41, 5.74) is 2.47. The van der Waals surface area contributed by atoms with E-state index in [4.69, 9.17) is 17.6 Å². The van der Waals surface area contributed by atoms with Crippen molar-refractivity contribution in [2.24, 2.45) is 5.92 Å². The van der Waals surface area contributed by atoms with Gasteiger partial charge in [0.1, 0.15) is 5.82 Å². The van der Waals surface area contributed by atoms with E-state index in [0.29, 0.717) is 36.5 Å². The number of nitrogens with zero attached hydrogens (tertiary/aromatic N) is 4. The Bertz CT molecular complexity index is 1000. The number of carbonyl (C=O) groups excluding carboxylic acids is 1. The van der Waals surface area contributed by atoms with Crippen LogP contribution in [-0.4, -0.2) is 58.0 Å². The Hall–Kier alpha value is -2.61. The first-order valence-electron chi connectivity index (χ1n) is 11.9. The molecule has 0 radical (unpaired) electrons. The Labute approximate surface area is 200 Å². The van der Waals surface area contributed by atoms with Gasteiger partial charge in [-0.25, -0.2) is 4.98 Å². The van der Waals surface area contributed by atoms with Gasteiger partial charge in [0.15, 0.2) is 0 Å². The highest BCUT2D eigenvalue weighted by Gasteiger charge is 2.31. The number of likely N-dealkylation sites (tertiary alicyclic amines) is 1. The molecule has 7 nitrogen and oxygen atoms in total. The summed E-state index contributed by atoms with van der Waals surface area (Å²) in [6.45, 7) is 4.93. The lowest BCUT2D eigenvalue weighted by atomic mass is 9.95. The van der Waals surface area contributed by atoms with Gasteiger partial charge in [0, 0.05) is 55.3 Å². The fourth-order valence-electron chi connectivity index (χ4n) is 5.02. The van der Waals surface area contributed by atoms with E-state index in [1.54, 1.807) is 6.20 Å². The number of hydrogen-bond acceptors (Lipinski definition) is 6. The third kappa shape index (κ3) is 5.49. The zero-order valence-corrected chi connectivity index (χ0v) is 20.0. The molecule has 0 aromatic carbocycles. The third-order valence-electron chi connectivity index (χ3n) is 6.64. The number of hydrogen-bond donors (Lipinski definition) is 2. The maximum absolute atomic E-state index is 13.5. The number of carbonyl (C=O) groups is 2. The molecule has 4 rings (SSSR count). The number of pyridine rings is 2. The van der Waals surface area contributed by atoms with Gasteiger partial charge in [-0.15, -0.1) is 12.6 Å². The topological polar surface area (TPSA) is 86.6 Å². The second-order valence-electron chi connectivity index (χ2n) is 9.12. The molecule has 2 saturated heterocycles. The minimum atomic E-state index is -0.761. The van der Waals surface area contributed by atoms with Gasteiger partial charge in [0.25, 0.3) is 5.91 Å². The van der Waals surface area contributed by atoms with E-state index in [9.17, 15) is 14.7 Å². The molecule has 0 aliphatic carbocycles. The van der Waals surface area contributed by atoms with E-state index in [0.717, 1.165) is 49.4 Å². The fraction of sp³-hybridized carbons (Fsp3) is 0.520. The van der Waals surface area contributed by atoms with Crippen molar-refractivity contribution >= 4 is 30.3 Å². The molecule has 1 N–H and O–H groups in total. The highest BCUT2D eigenvalue weighted by atomic mass is 32.1. The van der Waals surface area contributed by atoms with Crippen LogP contribution in [-0.2, 0) is 11.2 Å². The lowest BCUT2D eigenvalue weighted by Crippen LogP contribution is -2.37. The molecule has 2 aliphatic heterocycles. The van der Waals surface area contributed by atoms with Crippen LogP contribution < -0.4 is 4.90 Å². The molecule has 0 bridgehead atoms. The maximum atomic E-state index is 13.5. The predicted molar refractivity (Wildman–Crippen MR) is 130 cm³/mol. The van der Waals surface area contributed by atoms with Crippen LogP contribution in [0.15, 0.2) is 35.4 Å². The Morgan fingerprint density at radius 1 is 1.21 bits per heavy atom. The van der Waals surface area contributed by atoms with Gasteiger partial charge in [-0.2, -0.15) is 0 Å². The average molecular weight is 469 g/mol. The Morgan fingerprint density at radius 3 is 2.79 bits per heavy atom. The zero-order valence-electron chi connectivity index (χ0n) is 19.1. The number of amides is 1. The first kappa shape index (κ1) is 23.5. The summed E-state index contributed by atoms with van der Waals surface area (Å²) in [6.07, 6.45) is 6.32. The molecule has 0 saturated carbocycles. The minimum Gasteiger partial charge on any atom is -0.481 e. The zero-order chi connectivity index (χ0) is 23.4. The van der Waals surface area contributed by atoms with Crippen molar-refractivity contribution in [1.82, 2.24) is 14.9 Å². The van der Waals surface area contributed by atoms with Gasteiger partial charge in [-0.05, 0) is 49.8 Å². The highest BCUT2D eigenvalue weighted by Crippen LogP contribution is 2.32. The van der Waals surface area contributed by atoms with Crippen LogP contribution in [0.2, 0.25) is 0 Å². The van der Waals surface area contributed by atoms with Crippen molar-refractivity contribution in [2.45, 2.75) is 56.3 Å². The standard InChI is InChI=1S/C25H32N4O3S/c1-2-6-21-19(25(32)29-12-9-18(16-29)20-8-3-4-10-26-20)14-22(33)24(27-21)28-11-5-7-17(15-28)13-23(30)31/h3-4,8,10,14,17-18,33H,2,5-7,9,11-13,15-16H2,1H3,(H,30,31)/t17-,18?/m0/s1. The number of aromatic nitrogens is 2. The first-order chi connectivity index (χ1) is 16.0. The summed E-state index contributed by atoms with van der Waals surface area (Å²) in [4.78, 5) is 38.8. The normalized spacial score (nSPS) is 20.8. The molecule has 2 aromatic rings. The number of anilines is 1. The monoisotopic (exact) mass is 468 g/mol. The van der Waals surface area contributed by atoms with E-state index in [2.05, 4.69) is 16.8 Å². The number of aliphatic carboxylic acids is 1. The lowest BCUT2D eigenvalue weighted by Gasteiger charge is -2.34. The van der Waals surface area contributed by atoms with Crippen LogP contribution in [0.1, 0.15) is 66.7 Å². The Kier molecular flexibility index (Phi) is 7.53. The molecule has 1 amide bonds. The molecule has 4 heterocycles. The van der Waals surface area contributed by atoms with E-state index in [-0.39, 0.29) is 24.2 Å². The number of carboxylic acids is 1. The average Bonchev–Trinajstić information content (AvgIpc) is 3.30. The largest absolute Gasteiger partial charge is 0.481 e. The van der Waals surface area contributed by atoms with Gasteiger partial charge in [-0.3, -0.25) is 14.6 Å². The van der Waals surface area contributed by atoms with Gasteiger partial charge in [0.2, 0.25) is 0 Å². The molecule has 33 heavy (non-hydrogen) atoms. The van der Waals surface area contributed by atoms with Crippen LogP contribution >= 0.6 is 12.6 Å². The Balaban J connectivity index is 1.54. The number of rotatable bonds is 7. The van der Waals surface area contributed by atoms with Crippen LogP contribution in [0.3, 0.4) is 0 Å². The molecule has 2 atom stereocenters. The SMILES string of the molecule is CCCc1nc(N2CCC[C@@H](CC(=O)O)C2)c(S)cc1C(=O)N1CCC(c2ccccn2)C1. The lowest BCUT2D eigenvalue weighted by molar-refractivity contribution is -0.138. The molecule has 2 aromatic heterocycles. The van der Waals surface area contributed by atoms with Crippen LogP contribution in [0.25, 0.3) is 0 Å². The van der Waals surface area contributed by atoms with Crippen LogP contribution in [0.5, 0.6) is 0 Å². The number of thiol groups is 1. The summed E-state index contributed by atoms with van der Waals surface area (Å²) in [6, 6.07) is 7.79. The smallest absolute Gasteiger partial charge is 0.303 e. The second-order valence-corrected chi connectivity index (χ2v) is 9.60. The molecule has 0 spiro atoms. The number of aryl methyl sites for hydroxylation is 1. The van der Waals surface area contributed by atoms with Crippen molar-refractivity contribution in [3.63, 3.8) is 0 Å². The third-order valence-corrected chi connectivity index (χ3v) is 6.97. The quantitative estimate of drug-likeness (QED) is 0.597. The minimum absolute atomic E-state index is 0.00799. The van der Waals surface area contributed by atoms with Crippen molar-refractivity contribution in [3.8, 4) is 0 Å². The van der Waals surface area contributed by atoms with E-state index >= 15 is 0 Å². The van der Waals surface area contributed by atoms with Crippen molar-refractivity contribution in [3.05, 3.63) is 47.4 Å². The molecular formula is C25H32N4O3S. The van der Waals surface area contributed by atoms with Gasteiger partial charge in [-0.1, -0.05) is 19.4 Å². The fourth-order valence-corrected chi connectivity index (χ4v) is 5.34. The summed E-state index contributed by atoms with van der Waals surface area (Å²) in [7, 11) is 0. The van der Waals surface area contributed by atoms with E-state index < -0.39 is 5.97 Å². The maximum Gasteiger partial charge on any atom is 0.303 e. The van der Waals surface area contributed by atoms with Crippen molar-refractivity contribution in [2.75, 3.05) is 31.1 Å². The molecule has 2 fully saturated rings. The molecule has 1 unspecified atom stereocenters. The molecule has 8 heteroatoms. The number of piperidine rings is 1. The molecule has 2 aliphatic rings. The molecule has 176 valence electrons. The highest BCUT2D eigenvalue weighted by molar-refractivity contribution is 7.80. The summed E-state index contributed by atoms with van der Waals surface area (Å²) in [5, 5.41) is 9.19. The van der Waals surface area contributed by atoms with E-state index in [1.165, 1.54) is 0 Å². The molecular weight excluding hydrogens is 436 g/mol. The predicted octanol–water partition coefficient (Wildman–Crippen LogP) is 4.04. The summed E-state index contributed by atoms with van der Waals surface area (Å²) < 4.78 is 0. The second kappa shape index (κ2) is 10.5. The summed E-state index contributed by atoms with van der Waals surface area (Å²) >= 11 is 4.70. The van der Waals surface area contributed by atoms with Crippen LogP contribution in [0, 0.1) is 5.92 Å². The number of carboxylic acid groups (broad SMARTS) is 1. The van der Waals surface area contributed by atoms with Crippen molar-refractivity contribution < 1.29 is 14.7 Å². The van der Waals surface area contributed by atoms with Crippen LogP contribution in [0.4, 0.5) is 5.82 Å². The van der Waals surface area contributed by atoms with Gasteiger partial charge < -0.3 is 14.9 Å². The first-order valence-corrected chi connectivity index (χ1v) is 12.3. The van der Waals surface area contributed by atoms with Gasteiger partial charge in [0.05, 0.1) is 11.3 Å². The van der Waals surface area contributed by atoms with Gasteiger partial charge >= 0.3 is 5.97 Å². The van der Waals surface area contributed by atoms with Crippen molar-refractivity contribution in [1.29, 1.82) is 0 Å². The summed E-state index contributed by atoms with van der Waals surface area (Å²) in [5.74, 6) is 0.375.